The van der Waals surface area contributed by atoms with Crippen molar-refractivity contribution in [3.8, 4) is 23.0 Å². The third-order valence-electron chi connectivity index (χ3n) is 12.1. The van der Waals surface area contributed by atoms with E-state index in [9.17, 15) is 19.8 Å². The second-order valence-corrected chi connectivity index (χ2v) is 14.7. The number of aromatic hydroxyl groups is 2. The number of Topliss-reactive ketones (excluding diaryl/α,β-unsaturated/α-hetero) is 1. The summed E-state index contributed by atoms with van der Waals surface area (Å²) >= 11 is 0. The highest BCUT2D eigenvalue weighted by atomic mass is 16.5. The summed E-state index contributed by atoms with van der Waals surface area (Å²) in [5.41, 5.74) is 2.70. The lowest BCUT2D eigenvalue weighted by Gasteiger charge is -2.54. The van der Waals surface area contributed by atoms with Crippen LogP contribution in [-0.2, 0) is 31.0 Å². The van der Waals surface area contributed by atoms with Crippen LogP contribution in [0.15, 0.2) is 121 Å². The number of nitrogens with zero attached hydrogens (tertiary/aromatic N) is 1. The molecule has 1 saturated carbocycles. The van der Waals surface area contributed by atoms with Crippen LogP contribution in [0, 0.1) is 29.6 Å². The number of ketones is 2. The Morgan fingerprint density at radius 3 is 2.13 bits per heavy atom. The number of carbonyl (C=O) groups excluding carboxylic acids is 4. The Kier molecular flexibility index (Phi) is 9.25. The Morgan fingerprint density at radius 1 is 0.818 bits per heavy atom. The van der Waals surface area contributed by atoms with Crippen LogP contribution >= 0.6 is 0 Å². The highest BCUT2D eigenvalue weighted by Gasteiger charge is 2.65. The normalized spacial score (nSPS) is 25.9. The lowest BCUT2D eigenvalue weighted by atomic mass is 9.45. The van der Waals surface area contributed by atoms with Crippen LogP contribution in [0.3, 0.4) is 0 Å². The zero-order valence-electron chi connectivity index (χ0n) is 30.6. The van der Waals surface area contributed by atoms with E-state index in [0.29, 0.717) is 35.1 Å². The number of benzene rings is 4. The van der Waals surface area contributed by atoms with Gasteiger partial charge in [0.2, 0.25) is 17.6 Å². The highest BCUT2D eigenvalue weighted by molar-refractivity contribution is 6.31. The van der Waals surface area contributed by atoms with E-state index in [4.69, 9.17) is 9.47 Å². The zero-order valence-corrected chi connectivity index (χ0v) is 30.6. The third kappa shape index (κ3) is 5.85. The molecule has 2 amide bonds. The van der Waals surface area contributed by atoms with Gasteiger partial charge in [-0.3, -0.25) is 24.1 Å². The van der Waals surface area contributed by atoms with Gasteiger partial charge in [0.25, 0.3) is 0 Å². The van der Waals surface area contributed by atoms with Gasteiger partial charge in [-0.15, -0.1) is 0 Å². The van der Waals surface area contributed by atoms with Gasteiger partial charge in [-0.05, 0) is 77.8 Å². The standard InChI is InChI=1S/C46H41NO8/c1-54-38-23-28(24-39(55-2)43(38)51)15-20-36-32-18-19-33-41(45(53)47(44(33)52)22-21-27-13-16-31(48)17-14-27)35(32)25-37-42(50)34(29-9-5-3-6-10-29)26-40(49)46(36,37)30-11-7-4-8-12-30/h3-18,20,23-24,26,33,35-37,41,48,51H,19,21-22,25H2,1-2H3. The number of methoxy groups -OCH3 is 2. The predicted octanol–water partition coefficient (Wildman–Crippen LogP) is 6.73. The minimum absolute atomic E-state index is 0.138. The number of imide groups is 1. The maximum Gasteiger partial charge on any atom is 0.233 e. The van der Waals surface area contributed by atoms with Gasteiger partial charge < -0.3 is 19.7 Å². The molecule has 0 aromatic heterocycles. The molecule has 55 heavy (non-hydrogen) atoms. The predicted molar refractivity (Wildman–Crippen MR) is 206 cm³/mol. The molecule has 4 aromatic carbocycles. The molecule has 6 atom stereocenters. The van der Waals surface area contributed by atoms with Gasteiger partial charge in [0.05, 0.1) is 31.5 Å². The van der Waals surface area contributed by atoms with Gasteiger partial charge in [0.1, 0.15) is 5.75 Å². The van der Waals surface area contributed by atoms with Crippen molar-refractivity contribution in [2.45, 2.75) is 24.7 Å². The summed E-state index contributed by atoms with van der Waals surface area (Å²) < 4.78 is 10.9. The summed E-state index contributed by atoms with van der Waals surface area (Å²) in [5, 5.41) is 20.4. The monoisotopic (exact) mass is 735 g/mol. The Hall–Kier alpha value is -6.22. The fourth-order valence-corrected chi connectivity index (χ4v) is 9.53. The average Bonchev–Trinajstić information content (AvgIpc) is 3.46. The van der Waals surface area contributed by atoms with Crippen molar-refractivity contribution in [3.05, 3.63) is 143 Å². The third-order valence-corrected chi connectivity index (χ3v) is 12.1. The number of phenols is 2. The van der Waals surface area contributed by atoms with Crippen molar-refractivity contribution in [2.75, 3.05) is 20.8 Å². The van der Waals surface area contributed by atoms with Crippen LogP contribution in [-0.4, -0.2) is 59.3 Å². The molecular formula is C46H41NO8. The molecule has 0 bridgehead atoms. The van der Waals surface area contributed by atoms with Crippen molar-refractivity contribution in [2.24, 2.45) is 29.6 Å². The quantitative estimate of drug-likeness (QED) is 0.143. The van der Waals surface area contributed by atoms with E-state index in [-0.39, 0.29) is 59.3 Å². The first-order chi connectivity index (χ1) is 26.7. The number of fused-ring (bicyclic) bond motifs is 4. The SMILES string of the molecule is COc1cc(C=CC2C3=CCC4C(=O)N(CCc5ccc(O)cc5)C(=O)C4C3CC3C(=O)C(c4ccccc4)=CC(=O)C23c2ccccc2)cc(OC)c1O. The molecule has 2 fully saturated rings. The van der Waals surface area contributed by atoms with Crippen LogP contribution < -0.4 is 9.47 Å². The van der Waals surface area contributed by atoms with Crippen LogP contribution in [0.4, 0.5) is 0 Å². The minimum Gasteiger partial charge on any atom is -0.508 e. The highest BCUT2D eigenvalue weighted by Crippen LogP contribution is 2.61. The first kappa shape index (κ1) is 35.8. The van der Waals surface area contributed by atoms with E-state index in [1.165, 1.54) is 25.2 Å². The van der Waals surface area contributed by atoms with Crippen LogP contribution in [0.2, 0.25) is 0 Å². The van der Waals surface area contributed by atoms with Crippen molar-refractivity contribution in [3.63, 3.8) is 0 Å². The smallest absolute Gasteiger partial charge is 0.233 e. The lowest BCUT2D eigenvalue weighted by Crippen LogP contribution is -2.59. The second-order valence-electron chi connectivity index (χ2n) is 14.7. The van der Waals surface area contributed by atoms with Crippen molar-refractivity contribution in [1.82, 2.24) is 4.90 Å². The molecule has 2 N–H and O–H groups in total. The maximum absolute atomic E-state index is 15.2. The number of amides is 2. The molecule has 1 saturated heterocycles. The number of ether oxygens (including phenoxy) is 2. The van der Waals surface area contributed by atoms with Crippen LogP contribution in [0.25, 0.3) is 11.6 Å². The van der Waals surface area contributed by atoms with E-state index in [1.54, 1.807) is 36.4 Å². The molecule has 6 unspecified atom stereocenters. The van der Waals surface area contributed by atoms with Crippen LogP contribution in [0.5, 0.6) is 23.0 Å². The fourth-order valence-electron chi connectivity index (χ4n) is 9.53. The Morgan fingerprint density at radius 2 is 1.47 bits per heavy atom. The molecule has 9 heteroatoms. The maximum atomic E-state index is 15.2. The molecule has 9 nitrogen and oxygen atoms in total. The van der Waals surface area contributed by atoms with E-state index >= 15 is 9.59 Å². The molecule has 0 spiro atoms. The minimum atomic E-state index is -1.35. The number of allylic oxidation sites excluding steroid dienone is 5. The largest absolute Gasteiger partial charge is 0.508 e. The van der Waals surface area contributed by atoms with Crippen LogP contribution in [0.1, 0.15) is 35.1 Å². The Labute approximate surface area is 319 Å². The lowest BCUT2D eigenvalue weighted by molar-refractivity contribution is -0.140. The van der Waals surface area contributed by atoms with Gasteiger partial charge in [0, 0.05) is 24.0 Å². The number of carbonyl (C=O) groups is 4. The van der Waals surface area contributed by atoms with Gasteiger partial charge >= 0.3 is 0 Å². The first-order valence-electron chi connectivity index (χ1n) is 18.5. The fraction of sp³-hybridized carbons (Fsp3) is 0.261. The second kappa shape index (κ2) is 14.2. The number of phenolic OH excluding ortho intramolecular Hbond substituents is 2. The molecule has 0 radical (unpaired) electrons. The average molecular weight is 736 g/mol. The summed E-state index contributed by atoms with van der Waals surface area (Å²) in [6.07, 6.45) is 8.27. The summed E-state index contributed by atoms with van der Waals surface area (Å²) in [6.45, 7) is 0.195. The number of rotatable bonds is 9. The van der Waals surface area contributed by atoms with Gasteiger partial charge in [0.15, 0.2) is 23.1 Å². The summed E-state index contributed by atoms with van der Waals surface area (Å²) in [6, 6.07) is 28.6. The topological polar surface area (TPSA) is 130 Å². The van der Waals surface area contributed by atoms with Gasteiger partial charge in [-0.25, -0.2) is 0 Å². The van der Waals surface area contributed by atoms with Crippen molar-refractivity contribution < 1.29 is 38.9 Å². The summed E-state index contributed by atoms with van der Waals surface area (Å²) in [7, 11) is 2.89. The van der Waals surface area contributed by atoms with Crippen molar-refractivity contribution in [1.29, 1.82) is 0 Å². The summed E-state index contributed by atoms with van der Waals surface area (Å²) in [5.74, 6) is -3.76. The zero-order chi connectivity index (χ0) is 38.4. The molecule has 8 rings (SSSR count). The number of likely N-dealkylation sites (tertiary alicyclic amines) is 1. The first-order valence-corrected chi connectivity index (χ1v) is 18.5. The van der Waals surface area contributed by atoms with E-state index in [0.717, 1.165) is 11.1 Å². The summed E-state index contributed by atoms with van der Waals surface area (Å²) in [4.78, 5) is 60.1. The number of hydrogen-bond acceptors (Lipinski definition) is 8. The van der Waals surface area contributed by atoms with E-state index < -0.39 is 35.0 Å². The van der Waals surface area contributed by atoms with Gasteiger partial charge in [-0.1, -0.05) is 96.6 Å². The Balaban J connectivity index is 1.27. The van der Waals surface area contributed by atoms with E-state index in [1.807, 2.05) is 78.9 Å². The molecule has 3 aliphatic carbocycles. The molecular weight excluding hydrogens is 695 g/mol. The molecule has 4 aromatic rings. The molecule has 1 aliphatic heterocycles. The number of hydrogen-bond donors (Lipinski definition) is 2. The molecule has 278 valence electrons. The molecule has 1 heterocycles. The Bertz CT molecular complexity index is 2250. The van der Waals surface area contributed by atoms with Gasteiger partial charge in [-0.2, -0.15) is 0 Å². The van der Waals surface area contributed by atoms with Crippen molar-refractivity contribution >= 4 is 35.0 Å². The molecule has 4 aliphatic rings. The van der Waals surface area contributed by atoms with E-state index in [2.05, 4.69) is 0 Å².